The Morgan fingerprint density at radius 2 is 2.00 bits per heavy atom. The van der Waals surface area contributed by atoms with Crippen molar-refractivity contribution in [3.63, 3.8) is 0 Å². The van der Waals surface area contributed by atoms with Gasteiger partial charge in [0.2, 0.25) is 0 Å². The second-order valence-electron chi connectivity index (χ2n) is 0.167. The average molecular weight is 52.0 g/mol. The zero-order chi connectivity index (χ0) is 2.71. The maximum absolute atomic E-state index is 5.86. The first-order valence-electron chi connectivity index (χ1n) is 0.622. The van der Waals surface area contributed by atoms with E-state index in [9.17, 15) is 0 Å². The van der Waals surface area contributed by atoms with Gasteiger partial charge in [-0.1, -0.05) is 0 Å². The second-order valence-corrected chi connectivity index (χ2v) is 0.167. The fraction of sp³-hybridized carbons (Fsp3) is 0. The third-order valence-corrected chi connectivity index (χ3v) is 0. The van der Waals surface area contributed by atoms with Crippen molar-refractivity contribution in [2.45, 2.75) is 0 Å². The molecular formula is CH5LiN2. The van der Waals surface area contributed by atoms with Crippen molar-refractivity contribution in [1.82, 2.24) is 0 Å². The smallest absolute Gasteiger partial charge is 1.00 e. The molecule has 3 heteroatoms. The largest absolute Gasteiger partial charge is 1.00 e. The van der Waals surface area contributed by atoms with E-state index in [1.807, 2.05) is 0 Å². The quantitative estimate of drug-likeness (QED) is 0.169. The van der Waals surface area contributed by atoms with Gasteiger partial charge in [0.15, 0.2) is 0 Å². The van der Waals surface area contributed by atoms with Crippen LogP contribution in [0.2, 0.25) is 0 Å². The molecule has 0 aromatic carbocycles. The van der Waals surface area contributed by atoms with Crippen molar-refractivity contribution in [2.24, 2.45) is 5.73 Å². The van der Waals surface area contributed by atoms with Crippen LogP contribution in [0.3, 0.4) is 0 Å². The Morgan fingerprint density at radius 1 is 2.00 bits per heavy atom. The van der Waals surface area contributed by atoms with Crippen LogP contribution in [-0.2, 0) is 0 Å². The molecule has 3 N–H and O–H groups in total. The molecule has 0 spiro atoms. The molecule has 0 aliphatic carbocycles. The van der Waals surface area contributed by atoms with Crippen LogP contribution in [0.5, 0.6) is 0 Å². The van der Waals surface area contributed by atoms with Gasteiger partial charge in [-0.3, -0.25) is 5.41 Å². The maximum atomic E-state index is 5.86. The molecule has 2 nitrogen and oxygen atoms in total. The Morgan fingerprint density at radius 3 is 2.00 bits per heavy atom. The van der Waals surface area contributed by atoms with Crippen molar-refractivity contribution in [2.75, 3.05) is 0 Å². The molecule has 0 aromatic rings. The predicted molar refractivity (Wildman–Crippen MR) is 14.1 cm³/mol. The molecule has 0 unspecified atom stereocenters. The van der Waals surface area contributed by atoms with Crippen LogP contribution in [0.1, 0.15) is 1.43 Å². The summed E-state index contributed by atoms with van der Waals surface area (Å²) >= 11 is 0. The molecule has 0 aromatic heterocycles. The van der Waals surface area contributed by atoms with Gasteiger partial charge in [0, 0.05) is 0 Å². The minimum Gasteiger partial charge on any atom is -1.00 e. The molecule has 0 bridgehead atoms. The van der Waals surface area contributed by atoms with Crippen molar-refractivity contribution in [1.29, 1.82) is 5.41 Å². The van der Waals surface area contributed by atoms with Gasteiger partial charge in [-0.2, -0.15) is 0 Å². The first-order chi connectivity index (χ1) is 1.41. The van der Waals surface area contributed by atoms with Crippen LogP contribution in [0.25, 0.3) is 0 Å². The topological polar surface area (TPSA) is 49.9 Å². The molecule has 4 heavy (non-hydrogen) atoms. The third kappa shape index (κ3) is 518. The van der Waals surface area contributed by atoms with Crippen molar-refractivity contribution in [3.8, 4) is 0 Å². The Bertz CT molecular complexity index is 17.1. The van der Waals surface area contributed by atoms with Crippen molar-refractivity contribution in [3.05, 3.63) is 0 Å². The molecule has 0 saturated carbocycles. The van der Waals surface area contributed by atoms with Crippen LogP contribution in [0.15, 0.2) is 0 Å². The van der Waals surface area contributed by atoms with Crippen LogP contribution in [-0.4, -0.2) is 6.34 Å². The van der Waals surface area contributed by atoms with E-state index in [1.165, 1.54) is 0 Å². The molecule has 0 aliphatic rings. The Labute approximate surface area is 38.5 Å². The molecule has 0 rings (SSSR count). The van der Waals surface area contributed by atoms with Gasteiger partial charge in [-0.15, -0.1) is 0 Å². The monoisotopic (exact) mass is 52.1 g/mol. The normalized spacial score (nSPS) is 3.00. The molecular weight excluding hydrogens is 47.0 g/mol. The number of nitrogens with two attached hydrogens (primary N) is 1. The summed E-state index contributed by atoms with van der Waals surface area (Å²) in [7, 11) is 0. The SMILES string of the molecule is N=CN.[H-].[Li+]. The minimum atomic E-state index is 0. The molecule has 0 heterocycles. The van der Waals surface area contributed by atoms with Crippen molar-refractivity contribution < 1.29 is 20.3 Å². The maximum Gasteiger partial charge on any atom is 1.00 e. The second kappa shape index (κ2) is 11.5. The summed E-state index contributed by atoms with van der Waals surface area (Å²) < 4.78 is 0. The van der Waals surface area contributed by atoms with E-state index in [4.69, 9.17) is 5.41 Å². The number of hydrogen-bond donors (Lipinski definition) is 2. The van der Waals surface area contributed by atoms with Gasteiger partial charge >= 0.3 is 18.9 Å². The van der Waals surface area contributed by atoms with Crippen LogP contribution < -0.4 is 24.6 Å². The predicted octanol–water partition coefficient (Wildman–Crippen LogP) is -3.33. The fourth-order valence-corrected chi connectivity index (χ4v) is 0. The van der Waals surface area contributed by atoms with Crippen LogP contribution >= 0.6 is 0 Å². The van der Waals surface area contributed by atoms with Gasteiger partial charge in [0.05, 0.1) is 6.34 Å². The molecule has 0 saturated heterocycles. The third-order valence-electron chi connectivity index (χ3n) is 0. The van der Waals surface area contributed by atoms with Gasteiger partial charge in [0.25, 0.3) is 0 Å². The number of nitrogens with one attached hydrogen (secondary N) is 1. The summed E-state index contributed by atoms with van der Waals surface area (Å²) in [6, 6.07) is 0. The zero-order valence-corrected chi connectivity index (χ0v) is 2.65. The molecule has 0 aliphatic heterocycles. The molecule has 0 amide bonds. The standard InChI is InChI=1S/CH4N2.Li.H/c2-1-3;;/h1H,(H3,2,3);;/q;+1;-1. The number of hydrogen-bond acceptors (Lipinski definition) is 1. The summed E-state index contributed by atoms with van der Waals surface area (Å²) in [5.41, 5.74) is 4.39. The van der Waals surface area contributed by atoms with E-state index in [0.29, 0.717) is 0 Å². The van der Waals surface area contributed by atoms with E-state index in [1.54, 1.807) is 0 Å². The van der Waals surface area contributed by atoms with E-state index < -0.39 is 0 Å². The summed E-state index contributed by atoms with van der Waals surface area (Å²) in [4.78, 5) is 0. The summed E-state index contributed by atoms with van der Waals surface area (Å²) in [6.07, 6.45) is 0.750. The molecule has 0 radical (unpaired) electrons. The Kier molecular flexibility index (Phi) is 25.8. The summed E-state index contributed by atoms with van der Waals surface area (Å²) in [5.74, 6) is 0. The van der Waals surface area contributed by atoms with Gasteiger partial charge in [-0.25, -0.2) is 0 Å². The van der Waals surface area contributed by atoms with Gasteiger partial charge in [-0.05, 0) is 0 Å². The Balaban J connectivity index is -0.0000000200. The van der Waals surface area contributed by atoms with E-state index in [-0.39, 0.29) is 20.3 Å². The average Bonchev–Trinajstić information content (AvgIpc) is 0.918. The molecule has 0 atom stereocenters. The van der Waals surface area contributed by atoms with Gasteiger partial charge in [0.1, 0.15) is 0 Å². The first-order valence-corrected chi connectivity index (χ1v) is 0.622. The molecule has 20 valence electrons. The van der Waals surface area contributed by atoms with E-state index >= 15 is 0 Å². The van der Waals surface area contributed by atoms with E-state index in [2.05, 4.69) is 5.73 Å². The van der Waals surface area contributed by atoms with Crippen LogP contribution in [0, 0.1) is 5.41 Å². The van der Waals surface area contributed by atoms with Crippen LogP contribution in [0.4, 0.5) is 0 Å². The molecule has 0 fully saturated rings. The zero-order valence-electron chi connectivity index (χ0n) is 3.65. The van der Waals surface area contributed by atoms with Gasteiger partial charge < -0.3 is 7.16 Å². The van der Waals surface area contributed by atoms with E-state index in [0.717, 1.165) is 6.34 Å². The van der Waals surface area contributed by atoms with Crippen molar-refractivity contribution >= 4 is 6.34 Å². The number of rotatable bonds is 0. The Hall–Kier alpha value is 0.0674. The summed E-state index contributed by atoms with van der Waals surface area (Å²) in [5, 5.41) is 5.86. The fourth-order valence-electron chi connectivity index (χ4n) is 0. The minimum absolute atomic E-state index is 0. The summed E-state index contributed by atoms with van der Waals surface area (Å²) in [6.45, 7) is 0. The first kappa shape index (κ1) is 8.95.